The first-order chi connectivity index (χ1) is 20.8. The van der Waals surface area contributed by atoms with Gasteiger partial charge in [0.1, 0.15) is 0 Å². The van der Waals surface area contributed by atoms with E-state index < -0.39 is 0 Å². The minimum Gasteiger partial charge on any atom is -0.397 e. The van der Waals surface area contributed by atoms with Crippen molar-refractivity contribution in [2.75, 3.05) is 5.73 Å². The number of anilines is 1. The normalized spacial score (nSPS) is 12.1. The monoisotopic (exact) mass is 540 g/mol. The van der Waals surface area contributed by atoms with Gasteiger partial charge in [0.15, 0.2) is 0 Å². The lowest BCUT2D eigenvalue weighted by atomic mass is 10.1. The molecule has 0 aliphatic rings. The smallest absolute Gasteiger partial charge is 0.0863 e. The summed E-state index contributed by atoms with van der Waals surface area (Å²) in [6.45, 7) is 0.597. The molecule has 0 spiro atoms. The third-order valence-electron chi connectivity index (χ3n) is 8.19. The molecule has 0 unspecified atom stereocenters. The van der Waals surface area contributed by atoms with E-state index in [1.165, 1.54) is 43.6 Å². The van der Waals surface area contributed by atoms with Gasteiger partial charge < -0.3 is 14.9 Å². The Labute approximate surface area is 243 Å². The van der Waals surface area contributed by atoms with Gasteiger partial charge in [0, 0.05) is 32.7 Å². The van der Waals surface area contributed by atoms with Crippen molar-refractivity contribution in [1.82, 2.24) is 9.13 Å². The molecule has 0 saturated carbocycles. The highest BCUT2D eigenvalue weighted by molar-refractivity contribution is 6.19. The van der Waals surface area contributed by atoms with Crippen molar-refractivity contribution in [3.63, 3.8) is 0 Å². The van der Waals surface area contributed by atoms with E-state index in [9.17, 15) is 0 Å². The van der Waals surface area contributed by atoms with E-state index in [1.807, 2.05) is 30.3 Å². The van der Waals surface area contributed by atoms with Crippen molar-refractivity contribution >= 4 is 60.7 Å². The summed E-state index contributed by atoms with van der Waals surface area (Å²) in [4.78, 5) is 5.14. The van der Waals surface area contributed by atoms with Crippen molar-refractivity contribution in [1.29, 1.82) is 0 Å². The minimum atomic E-state index is 0.597. The molecule has 0 amide bonds. The Morgan fingerprint density at radius 1 is 0.524 bits per heavy atom. The molecule has 8 aromatic rings. The minimum absolute atomic E-state index is 0.597. The Balaban J connectivity index is 1.43. The van der Waals surface area contributed by atoms with Crippen molar-refractivity contribution < 1.29 is 0 Å². The molecule has 8 rings (SSSR count). The highest BCUT2D eigenvalue weighted by Crippen LogP contribution is 2.38. The largest absolute Gasteiger partial charge is 0.397 e. The zero-order chi connectivity index (χ0) is 28.0. The van der Waals surface area contributed by atoms with Crippen LogP contribution in [0.3, 0.4) is 0 Å². The van der Waals surface area contributed by atoms with E-state index in [-0.39, 0.29) is 0 Å². The second kappa shape index (κ2) is 9.79. The van der Waals surface area contributed by atoms with Crippen LogP contribution < -0.4 is 5.73 Å². The van der Waals surface area contributed by atoms with Gasteiger partial charge in [-0.25, -0.2) is 4.99 Å². The van der Waals surface area contributed by atoms with E-state index in [4.69, 9.17) is 10.7 Å². The summed E-state index contributed by atoms with van der Waals surface area (Å²) in [5.41, 5.74) is 15.7. The van der Waals surface area contributed by atoms with Gasteiger partial charge in [-0.05, 0) is 54.1 Å². The zero-order valence-electron chi connectivity index (χ0n) is 23.0. The van der Waals surface area contributed by atoms with Crippen LogP contribution in [0, 0.1) is 0 Å². The lowest BCUT2D eigenvalue weighted by Crippen LogP contribution is -2.11. The molecule has 0 atom stereocenters. The van der Waals surface area contributed by atoms with Crippen molar-refractivity contribution in [2.45, 2.75) is 6.54 Å². The van der Waals surface area contributed by atoms with Gasteiger partial charge in [-0.2, -0.15) is 0 Å². The molecule has 2 aromatic heterocycles. The van der Waals surface area contributed by atoms with Gasteiger partial charge in [0.05, 0.1) is 40.2 Å². The Morgan fingerprint density at radius 2 is 1.12 bits per heavy atom. The Morgan fingerprint density at radius 3 is 1.88 bits per heavy atom. The molecule has 200 valence electrons. The fourth-order valence-corrected chi connectivity index (χ4v) is 6.24. The molecule has 4 nitrogen and oxygen atoms in total. The number of aromatic nitrogens is 2. The van der Waals surface area contributed by atoms with Gasteiger partial charge in [0.25, 0.3) is 0 Å². The van der Waals surface area contributed by atoms with Crippen LogP contribution in [-0.4, -0.2) is 14.8 Å². The number of hydrogen-bond acceptors (Lipinski definition) is 2. The number of aliphatic imine (C=N–C) groups is 1. The summed E-state index contributed by atoms with van der Waals surface area (Å²) in [5.74, 6) is 0. The van der Waals surface area contributed by atoms with Gasteiger partial charge >= 0.3 is 0 Å². The summed E-state index contributed by atoms with van der Waals surface area (Å²) >= 11 is 0. The molecule has 0 aliphatic carbocycles. The number of rotatable bonds is 5. The summed E-state index contributed by atoms with van der Waals surface area (Å²) < 4.78 is 4.78. The Bertz CT molecular complexity index is 2270. The number of benzene rings is 6. The second-order valence-electron chi connectivity index (χ2n) is 10.7. The Hall–Kier alpha value is -5.61. The Kier molecular flexibility index (Phi) is 5.64. The first-order valence-corrected chi connectivity index (χ1v) is 14.2. The average molecular weight is 541 g/mol. The van der Waals surface area contributed by atoms with Crippen LogP contribution in [0.1, 0.15) is 5.56 Å². The van der Waals surface area contributed by atoms with Crippen LogP contribution in [0.2, 0.25) is 0 Å². The van der Waals surface area contributed by atoms with Crippen molar-refractivity contribution in [2.24, 2.45) is 4.99 Å². The van der Waals surface area contributed by atoms with Crippen molar-refractivity contribution in [3.8, 4) is 5.69 Å². The van der Waals surface area contributed by atoms with E-state index >= 15 is 0 Å². The molecular weight excluding hydrogens is 512 g/mol. The van der Waals surface area contributed by atoms with E-state index in [0.717, 1.165) is 22.6 Å². The molecule has 0 saturated heterocycles. The lowest BCUT2D eigenvalue weighted by molar-refractivity contribution is 0.934. The number of fused-ring (bicyclic) bond motifs is 6. The average Bonchev–Trinajstić information content (AvgIpc) is 3.53. The second-order valence-corrected chi connectivity index (χ2v) is 10.7. The number of nitrogen functional groups attached to an aromatic ring is 1. The fourth-order valence-electron chi connectivity index (χ4n) is 6.24. The number of nitrogens with zero attached hydrogens (tertiary/aromatic N) is 3. The highest BCUT2D eigenvalue weighted by Gasteiger charge is 2.19. The summed E-state index contributed by atoms with van der Waals surface area (Å²) in [7, 11) is 0. The van der Waals surface area contributed by atoms with E-state index in [0.29, 0.717) is 12.2 Å². The maximum absolute atomic E-state index is 6.36. The zero-order valence-corrected chi connectivity index (χ0v) is 23.0. The molecule has 0 fully saturated rings. The maximum Gasteiger partial charge on any atom is 0.0863 e. The number of nitrogens with two attached hydrogens (primary N) is 1. The van der Waals surface area contributed by atoms with Gasteiger partial charge in [0.2, 0.25) is 0 Å². The molecule has 2 heterocycles. The van der Waals surface area contributed by atoms with Gasteiger partial charge in [-0.1, -0.05) is 97.1 Å². The van der Waals surface area contributed by atoms with E-state index in [1.54, 1.807) is 0 Å². The predicted octanol–water partition coefficient (Wildman–Crippen LogP) is 9.29. The van der Waals surface area contributed by atoms with Crippen LogP contribution in [0.4, 0.5) is 11.4 Å². The van der Waals surface area contributed by atoms with Crippen LogP contribution >= 0.6 is 0 Å². The SMILES string of the molecule is Nc1ccccc1N=C(Cn1c2ccccc2c2cc3c4ccccc4n(-c4ccccc4)c3cc21)c1ccccc1. The van der Waals surface area contributed by atoms with Crippen LogP contribution in [0.25, 0.3) is 49.3 Å². The molecule has 42 heavy (non-hydrogen) atoms. The van der Waals surface area contributed by atoms with E-state index in [2.05, 4.69) is 124 Å². The summed E-state index contributed by atoms with van der Waals surface area (Å²) in [6.07, 6.45) is 0. The number of para-hydroxylation sites is 5. The molecule has 2 N–H and O–H groups in total. The maximum atomic E-state index is 6.36. The van der Waals surface area contributed by atoms with Gasteiger partial charge in [-0.15, -0.1) is 0 Å². The third-order valence-corrected chi connectivity index (χ3v) is 8.19. The first kappa shape index (κ1) is 24.2. The van der Waals surface area contributed by atoms with Crippen molar-refractivity contribution in [3.05, 3.63) is 151 Å². The van der Waals surface area contributed by atoms with Gasteiger partial charge in [-0.3, -0.25) is 0 Å². The summed E-state index contributed by atoms with van der Waals surface area (Å²) in [5, 5.41) is 4.97. The fraction of sp³-hybridized carbons (Fsp3) is 0.0263. The molecule has 0 radical (unpaired) electrons. The quantitative estimate of drug-likeness (QED) is 0.172. The van der Waals surface area contributed by atoms with Crippen LogP contribution in [-0.2, 0) is 6.54 Å². The van der Waals surface area contributed by atoms with Crippen LogP contribution in [0.15, 0.2) is 151 Å². The molecule has 6 aromatic carbocycles. The predicted molar refractivity (Wildman–Crippen MR) is 177 cm³/mol. The molecule has 0 bridgehead atoms. The first-order valence-electron chi connectivity index (χ1n) is 14.2. The summed E-state index contributed by atoms with van der Waals surface area (Å²) in [6, 6.07) is 50.9. The number of hydrogen-bond donors (Lipinski definition) is 1. The molecular formula is C38H28N4. The molecule has 4 heteroatoms. The van der Waals surface area contributed by atoms with Crippen LogP contribution in [0.5, 0.6) is 0 Å². The standard InChI is InChI=1S/C38H28N4/c39-32-19-9-10-20-33(32)40-34(26-13-3-1-4-14-26)25-41-35-21-11-7-17-28(35)30-23-31-29-18-8-12-22-36(29)42(38(31)24-37(30)41)27-15-5-2-6-16-27/h1-24H,25,39H2. The lowest BCUT2D eigenvalue weighted by Gasteiger charge is -2.13. The third kappa shape index (κ3) is 3.88. The molecule has 0 aliphatic heterocycles. The highest BCUT2D eigenvalue weighted by atomic mass is 15.0. The topological polar surface area (TPSA) is 48.2 Å².